The molecule has 0 aromatic heterocycles. The van der Waals surface area contributed by atoms with E-state index < -0.39 is 28.5 Å². The van der Waals surface area contributed by atoms with Crippen LogP contribution in [0.5, 0.6) is 0 Å². The van der Waals surface area contributed by atoms with Gasteiger partial charge in [0, 0.05) is 15.7 Å². The van der Waals surface area contributed by atoms with Gasteiger partial charge in [0.05, 0.1) is 10.5 Å². The van der Waals surface area contributed by atoms with E-state index in [9.17, 15) is 18.0 Å². The number of aryl methyl sites for hydroxylation is 1. The smallest absolute Gasteiger partial charge is 0.338 e. The largest absolute Gasteiger partial charge is 0.452 e. The van der Waals surface area contributed by atoms with Crippen molar-refractivity contribution >= 4 is 50.8 Å². The van der Waals surface area contributed by atoms with Crippen LogP contribution in [0.25, 0.3) is 0 Å². The van der Waals surface area contributed by atoms with Crippen molar-refractivity contribution in [2.75, 3.05) is 11.9 Å². The zero-order valence-corrected chi connectivity index (χ0v) is 15.8. The number of nitrogens with one attached hydrogen (secondary N) is 1. The van der Waals surface area contributed by atoms with E-state index in [2.05, 4.69) is 5.32 Å². The van der Waals surface area contributed by atoms with E-state index >= 15 is 0 Å². The van der Waals surface area contributed by atoms with Gasteiger partial charge in [0.2, 0.25) is 10.0 Å². The molecule has 0 saturated heterocycles. The molecule has 1 amide bonds. The van der Waals surface area contributed by atoms with Crippen molar-refractivity contribution in [1.82, 2.24) is 0 Å². The molecule has 2 aromatic rings. The first-order chi connectivity index (χ1) is 12.1. The van der Waals surface area contributed by atoms with Crippen LogP contribution >= 0.6 is 23.2 Å². The van der Waals surface area contributed by atoms with Gasteiger partial charge in [-0.2, -0.15) is 0 Å². The van der Waals surface area contributed by atoms with E-state index in [0.29, 0.717) is 5.56 Å². The van der Waals surface area contributed by atoms with Gasteiger partial charge in [0.15, 0.2) is 6.61 Å². The van der Waals surface area contributed by atoms with E-state index in [-0.39, 0.29) is 26.2 Å². The van der Waals surface area contributed by atoms with Crippen LogP contribution in [0.4, 0.5) is 5.69 Å². The van der Waals surface area contributed by atoms with Crippen molar-refractivity contribution in [2.45, 2.75) is 11.8 Å². The number of carbonyl (C=O) groups excluding carboxylic acids is 2. The van der Waals surface area contributed by atoms with Crippen LogP contribution < -0.4 is 10.5 Å². The topological polar surface area (TPSA) is 116 Å². The monoisotopic (exact) mass is 416 g/mol. The predicted molar refractivity (Wildman–Crippen MR) is 97.9 cm³/mol. The molecule has 138 valence electrons. The van der Waals surface area contributed by atoms with Crippen molar-refractivity contribution < 1.29 is 22.7 Å². The third-order valence-electron chi connectivity index (χ3n) is 3.21. The third-order valence-corrected chi connectivity index (χ3v) is 4.70. The summed E-state index contributed by atoms with van der Waals surface area (Å²) in [7, 11) is -3.92. The summed E-state index contributed by atoms with van der Waals surface area (Å²) in [5.74, 6) is -1.44. The maximum Gasteiger partial charge on any atom is 0.338 e. The third kappa shape index (κ3) is 5.43. The van der Waals surface area contributed by atoms with Gasteiger partial charge >= 0.3 is 5.97 Å². The highest BCUT2D eigenvalue weighted by Crippen LogP contribution is 2.20. The molecule has 0 heterocycles. The van der Waals surface area contributed by atoms with Crippen molar-refractivity contribution in [2.24, 2.45) is 5.14 Å². The van der Waals surface area contributed by atoms with E-state index in [1.807, 2.05) is 0 Å². The van der Waals surface area contributed by atoms with Crippen molar-refractivity contribution in [1.29, 1.82) is 0 Å². The minimum Gasteiger partial charge on any atom is -0.452 e. The normalized spacial score (nSPS) is 11.1. The number of rotatable bonds is 5. The summed E-state index contributed by atoms with van der Waals surface area (Å²) in [6.07, 6.45) is 0. The van der Waals surface area contributed by atoms with Crippen molar-refractivity contribution in [3.05, 3.63) is 57.6 Å². The van der Waals surface area contributed by atoms with Gasteiger partial charge in [-0.1, -0.05) is 29.3 Å². The molecule has 0 unspecified atom stereocenters. The van der Waals surface area contributed by atoms with Gasteiger partial charge < -0.3 is 10.1 Å². The number of nitrogens with two attached hydrogens (primary N) is 1. The molecule has 0 fully saturated rings. The second-order valence-corrected chi connectivity index (χ2v) is 7.71. The lowest BCUT2D eigenvalue weighted by atomic mass is 10.2. The minimum absolute atomic E-state index is 0.0992. The summed E-state index contributed by atoms with van der Waals surface area (Å²) in [6.45, 7) is 0.991. The Morgan fingerprint density at radius 2 is 1.73 bits per heavy atom. The number of carbonyl (C=O) groups is 2. The predicted octanol–water partition coefficient (Wildman–Crippen LogP) is 2.74. The van der Waals surface area contributed by atoms with E-state index in [0.717, 1.165) is 0 Å². The van der Waals surface area contributed by atoms with Gasteiger partial charge in [-0.25, -0.2) is 18.4 Å². The molecule has 0 radical (unpaired) electrons. The summed E-state index contributed by atoms with van der Waals surface area (Å²) >= 11 is 11.6. The average molecular weight is 417 g/mol. The number of esters is 1. The molecule has 10 heteroatoms. The molecule has 0 aliphatic carbocycles. The fourth-order valence-electron chi connectivity index (χ4n) is 2.07. The second kappa shape index (κ2) is 8.05. The highest BCUT2D eigenvalue weighted by Gasteiger charge is 2.15. The first-order valence-electron chi connectivity index (χ1n) is 7.13. The van der Waals surface area contributed by atoms with E-state index in [4.69, 9.17) is 33.1 Å². The van der Waals surface area contributed by atoms with Crippen molar-refractivity contribution in [3.8, 4) is 0 Å². The number of benzene rings is 2. The van der Waals surface area contributed by atoms with Gasteiger partial charge in [-0.3, -0.25) is 4.79 Å². The molecule has 0 aliphatic rings. The van der Waals surface area contributed by atoms with Gasteiger partial charge in [0.25, 0.3) is 5.91 Å². The molecule has 0 atom stereocenters. The van der Waals surface area contributed by atoms with Gasteiger partial charge in [0.1, 0.15) is 0 Å². The average Bonchev–Trinajstić information content (AvgIpc) is 2.52. The van der Waals surface area contributed by atoms with Crippen LogP contribution in [-0.2, 0) is 19.6 Å². The molecule has 2 aromatic carbocycles. The number of primary sulfonamides is 1. The SMILES string of the molecule is Cc1ccc(NC(=O)COC(=O)c2cc(Cl)cc(Cl)c2)cc1S(N)(=O)=O. The van der Waals surface area contributed by atoms with E-state index in [1.165, 1.54) is 36.4 Å². The zero-order chi connectivity index (χ0) is 19.5. The highest BCUT2D eigenvalue weighted by atomic mass is 35.5. The standard InChI is InChI=1S/C16H14Cl2N2O5S/c1-9-2-3-13(7-14(9)26(19,23)24)20-15(21)8-25-16(22)10-4-11(17)6-12(18)5-10/h2-7H,8H2,1H3,(H,20,21)(H2,19,23,24). The molecular formula is C16H14Cl2N2O5S. The summed E-state index contributed by atoms with van der Waals surface area (Å²) in [5, 5.41) is 8.04. The Morgan fingerprint density at radius 3 is 2.31 bits per heavy atom. The molecule has 0 saturated carbocycles. The molecule has 2 rings (SSSR count). The molecule has 3 N–H and O–H groups in total. The number of ether oxygens (including phenoxy) is 1. The van der Waals surface area contributed by atoms with Crippen molar-refractivity contribution in [3.63, 3.8) is 0 Å². The maximum atomic E-state index is 11.9. The Morgan fingerprint density at radius 1 is 1.12 bits per heavy atom. The Bertz CT molecular complexity index is 956. The number of sulfonamides is 1. The second-order valence-electron chi connectivity index (χ2n) is 5.31. The first-order valence-corrected chi connectivity index (χ1v) is 9.43. The maximum absolute atomic E-state index is 11.9. The Labute approximate surface area is 160 Å². The lowest BCUT2D eigenvalue weighted by Gasteiger charge is -2.09. The summed E-state index contributed by atoms with van der Waals surface area (Å²) in [4.78, 5) is 23.7. The molecule has 0 aliphatic heterocycles. The van der Waals surface area contributed by atoms with Crippen LogP contribution in [0.3, 0.4) is 0 Å². The van der Waals surface area contributed by atoms with Crippen LogP contribution in [0.15, 0.2) is 41.3 Å². The fraction of sp³-hybridized carbons (Fsp3) is 0.125. The summed E-state index contributed by atoms with van der Waals surface area (Å²) in [6, 6.07) is 8.38. The zero-order valence-electron chi connectivity index (χ0n) is 13.5. The van der Waals surface area contributed by atoms with Crippen LogP contribution in [0.2, 0.25) is 10.0 Å². The lowest BCUT2D eigenvalue weighted by Crippen LogP contribution is -2.21. The molecule has 0 bridgehead atoms. The Hall–Kier alpha value is -2.13. The number of hydrogen-bond acceptors (Lipinski definition) is 5. The summed E-state index contributed by atoms with van der Waals surface area (Å²) < 4.78 is 27.9. The van der Waals surface area contributed by atoms with Crippen LogP contribution in [0, 0.1) is 6.92 Å². The van der Waals surface area contributed by atoms with Crippen LogP contribution in [0.1, 0.15) is 15.9 Å². The minimum atomic E-state index is -3.92. The van der Waals surface area contributed by atoms with Gasteiger partial charge in [-0.05, 0) is 42.8 Å². The number of hydrogen-bond donors (Lipinski definition) is 2. The highest BCUT2D eigenvalue weighted by molar-refractivity contribution is 7.89. The van der Waals surface area contributed by atoms with Gasteiger partial charge in [-0.15, -0.1) is 0 Å². The molecule has 0 spiro atoms. The Balaban J connectivity index is 2.02. The van der Waals surface area contributed by atoms with E-state index in [1.54, 1.807) is 6.92 Å². The lowest BCUT2D eigenvalue weighted by molar-refractivity contribution is -0.119. The van der Waals surface area contributed by atoms with Crippen LogP contribution in [-0.4, -0.2) is 26.9 Å². The first kappa shape index (κ1) is 20.2. The fourth-order valence-corrected chi connectivity index (χ4v) is 3.40. The Kier molecular flexibility index (Phi) is 6.25. The number of anilines is 1. The molecule has 26 heavy (non-hydrogen) atoms. The number of halogens is 2. The molecule has 7 nitrogen and oxygen atoms in total. The quantitative estimate of drug-likeness (QED) is 0.726. The number of amides is 1. The summed E-state index contributed by atoms with van der Waals surface area (Å²) in [5.41, 5.74) is 0.739. The molecular weight excluding hydrogens is 403 g/mol.